The van der Waals surface area contributed by atoms with E-state index in [9.17, 15) is 5.11 Å². The number of nitrogens with two attached hydrogens (primary N) is 1. The van der Waals surface area contributed by atoms with Crippen molar-refractivity contribution in [2.24, 2.45) is 0 Å². The van der Waals surface area contributed by atoms with E-state index in [4.69, 9.17) is 5.73 Å². The third kappa shape index (κ3) is 1.90. The number of benzene rings is 1. The minimum absolute atomic E-state index is 0.187. The minimum Gasteiger partial charge on any atom is -0.508 e. The maximum atomic E-state index is 10.1. The second-order valence-electron chi connectivity index (χ2n) is 5.46. The Morgan fingerprint density at radius 1 is 1.13 bits per heavy atom. The van der Waals surface area contributed by atoms with Crippen LogP contribution in [0.25, 0.3) is 27.8 Å². The van der Waals surface area contributed by atoms with E-state index in [1.807, 2.05) is 26.0 Å². The number of aromatic hydroxyl groups is 1. The van der Waals surface area contributed by atoms with Gasteiger partial charge >= 0.3 is 0 Å². The highest BCUT2D eigenvalue weighted by atomic mass is 16.3. The number of phenolic OH excluding ortho intramolecular Hbond substituents is 1. The highest BCUT2D eigenvalue weighted by Gasteiger charge is 2.17. The fraction of sp³-hybridized carbons (Fsp3) is 0.125. The lowest BCUT2D eigenvalue weighted by molar-refractivity contribution is 0.471. The molecule has 114 valence electrons. The predicted octanol–water partition coefficient (Wildman–Crippen LogP) is 2.24. The summed E-state index contributed by atoms with van der Waals surface area (Å²) in [5.74, 6) is 0.434. The molecule has 4 rings (SSSR count). The van der Waals surface area contributed by atoms with Crippen molar-refractivity contribution < 1.29 is 5.11 Å². The first-order chi connectivity index (χ1) is 11.1. The van der Waals surface area contributed by atoms with Gasteiger partial charge in [0.2, 0.25) is 5.95 Å². The Morgan fingerprint density at radius 3 is 2.78 bits per heavy atom. The molecule has 1 aromatic carbocycles. The first-order valence-corrected chi connectivity index (χ1v) is 7.11. The van der Waals surface area contributed by atoms with Gasteiger partial charge in [-0.3, -0.25) is 0 Å². The molecule has 7 heteroatoms. The molecule has 0 aliphatic carbocycles. The summed E-state index contributed by atoms with van der Waals surface area (Å²) in [4.78, 5) is 12.7. The number of nitrogen functional groups attached to an aromatic ring is 1. The van der Waals surface area contributed by atoms with Gasteiger partial charge in [-0.15, -0.1) is 0 Å². The number of phenols is 1. The van der Waals surface area contributed by atoms with Crippen LogP contribution >= 0.6 is 0 Å². The van der Waals surface area contributed by atoms with Crippen LogP contribution in [0.3, 0.4) is 0 Å². The first-order valence-electron chi connectivity index (χ1n) is 7.11. The maximum Gasteiger partial charge on any atom is 0.222 e. The Hall–Kier alpha value is -3.22. The minimum atomic E-state index is 0.187. The molecular weight excluding hydrogens is 292 g/mol. The van der Waals surface area contributed by atoms with Gasteiger partial charge in [-0.05, 0) is 42.7 Å². The molecule has 0 radical (unpaired) electrons. The highest BCUT2D eigenvalue weighted by Crippen LogP contribution is 2.35. The zero-order chi connectivity index (χ0) is 16.1. The number of aryl methyl sites for hydroxylation is 1. The monoisotopic (exact) mass is 306 g/mol. The number of anilines is 1. The highest BCUT2D eigenvalue weighted by molar-refractivity contribution is 5.91. The van der Waals surface area contributed by atoms with Crippen LogP contribution in [-0.2, 0) is 0 Å². The molecule has 0 aliphatic heterocycles. The van der Waals surface area contributed by atoms with Crippen molar-refractivity contribution in [2.75, 3.05) is 5.73 Å². The number of nitrogens with zero attached hydrogens (tertiary/aromatic N) is 5. The van der Waals surface area contributed by atoms with Crippen LogP contribution < -0.4 is 5.73 Å². The summed E-state index contributed by atoms with van der Waals surface area (Å²) in [7, 11) is 0. The van der Waals surface area contributed by atoms with E-state index in [-0.39, 0.29) is 11.7 Å². The normalized spacial score (nSPS) is 11.4. The predicted molar refractivity (Wildman–Crippen MR) is 87.1 cm³/mol. The van der Waals surface area contributed by atoms with Gasteiger partial charge in [-0.2, -0.15) is 14.6 Å². The van der Waals surface area contributed by atoms with Crippen molar-refractivity contribution in [3.05, 3.63) is 41.9 Å². The Bertz CT molecular complexity index is 1070. The lowest BCUT2D eigenvalue weighted by Crippen LogP contribution is -2.01. The number of hydrogen-bond acceptors (Lipinski definition) is 6. The van der Waals surface area contributed by atoms with Gasteiger partial charge in [0.1, 0.15) is 12.1 Å². The smallest absolute Gasteiger partial charge is 0.222 e. The second kappa shape index (κ2) is 4.64. The summed E-state index contributed by atoms with van der Waals surface area (Å²) in [5, 5.41) is 15.1. The summed E-state index contributed by atoms with van der Waals surface area (Å²) in [6.45, 7) is 3.88. The lowest BCUT2D eigenvalue weighted by Gasteiger charge is -2.13. The van der Waals surface area contributed by atoms with Gasteiger partial charge in [-0.25, -0.2) is 9.97 Å². The molecular formula is C16H14N6O. The Morgan fingerprint density at radius 2 is 1.96 bits per heavy atom. The number of hydrogen-bond donors (Lipinski definition) is 2. The van der Waals surface area contributed by atoms with E-state index >= 15 is 0 Å². The van der Waals surface area contributed by atoms with Gasteiger partial charge in [0.15, 0.2) is 11.3 Å². The number of fused-ring (bicyclic) bond motifs is 3. The van der Waals surface area contributed by atoms with Gasteiger partial charge in [0.25, 0.3) is 0 Å². The second-order valence-corrected chi connectivity index (χ2v) is 5.46. The van der Waals surface area contributed by atoms with E-state index < -0.39 is 0 Å². The average Bonchev–Trinajstić information content (AvgIpc) is 3.02. The molecule has 7 nitrogen and oxygen atoms in total. The summed E-state index contributed by atoms with van der Waals surface area (Å²) < 4.78 is 1.64. The molecule has 0 spiro atoms. The van der Waals surface area contributed by atoms with Crippen molar-refractivity contribution in [2.45, 2.75) is 13.8 Å². The van der Waals surface area contributed by atoms with Crippen LogP contribution in [0.5, 0.6) is 5.75 Å². The zero-order valence-corrected chi connectivity index (χ0v) is 12.6. The molecule has 0 atom stereocenters. The number of aromatic nitrogens is 5. The zero-order valence-electron chi connectivity index (χ0n) is 12.6. The summed E-state index contributed by atoms with van der Waals surface area (Å²) in [5.41, 5.74) is 10.6. The standard InChI is InChI=1S/C16H14N6O/c1-8-3-4-12(23)9(2)13(8)11-5-10-6-18-16(17)21-14(10)22-15(11)19-7-20-22/h3-7,23H,1-2H3,(H2,17,18,21). The molecule has 0 bridgehead atoms. The van der Waals surface area contributed by atoms with Crippen molar-refractivity contribution in [1.29, 1.82) is 0 Å². The third-order valence-electron chi connectivity index (χ3n) is 4.02. The summed E-state index contributed by atoms with van der Waals surface area (Å²) in [6.07, 6.45) is 3.14. The van der Waals surface area contributed by atoms with Gasteiger partial charge in [-0.1, -0.05) is 6.07 Å². The van der Waals surface area contributed by atoms with Gasteiger partial charge < -0.3 is 10.8 Å². The van der Waals surface area contributed by atoms with E-state index in [2.05, 4.69) is 20.1 Å². The summed E-state index contributed by atoms with van der Waals surface area (Å²) in [6, 6.07) is 5.53. The molecule has 3 N–H and O–H groups in total. The molecule has 0 fully saturated rings. The van der Waals surface area contributed by atoms with Crippen LogP contribution in [-0.4, -0.2) is 29.7 Å². The average molecular weight is 306 g/mol. The lowest BCUT2D eigenvalue weighted by atomic mass is 9.95. The Labute approximate surface area is 131 Å². The Kier molecular flexibility index (Phi) is 2.71. The van der Waals surface area contributed by atoms with Gasteiger partial charge in [0.05, 0.1) is 0 Å². The molecule has 3 aromatic heterocycles. The van der Waals surface area contributed by atoms with E-state index in [1.165, 1.54) is 6.33 Å². The largest absolute Gasteiger partial charge is 0.508 e. The van der Waals surface area contributed by atoms with Gasteiger partial charge in [0, 0.05) is 17.1 Å². The third-order valence-corrected chi connectivity index (χ3v) is 4.02. The van der Waals surface area contributed by atoms with Crippen LogP contribution in [0.2, 0.25) is 0 Å². The molecule has 4 aromatic rings. The maximum absolute atomic E-state index is 10.1. The Balaban J connectivity index is 2.18. The molecule has 23 heavy (non-hydrogen) atoms. The number of pyridine rings is 1. The van der Waals surface area contributed by atoms with Crippen molar-refractivity contribution in [3.63, 3.8) is 0 Å². The van der Waals surface area contributed by atoms with Crippen LogP contribution in [0, 0.1) is 13.8 Å². The van der Waals surface area contributed by atoms with Crippen LogP contribution in [0.4, 0.5) is 5.95 Å². The molecule has 0 saturated carbocycles. The van der Waals surface area contributed by atoms with E-state index in [0.717, 1.165) is 27.6 Å². The van der Waals surface area contributed by atoms with E-state index in [0.29, 0.717) is 11.3 Å². The molecule has 3 heterocycles. The van der Waals surface area contributed by atoms with E-state index in [1.54, 1.807) is 16.8 Å². The number of rotatable bonds is 1. The van der Waals surface area contributed by atoms with Crippen LogP contribution in [0.15, 0.2) is 30.7 Å². The summed E-state index contributed by atoms with van der Waals surface area (Å²) >= 11 is 0. The SMILES string of the molecule is Cc1ccc(O)c(C)c1-c1cc2cnc(N)nc2n2ncnc12. The topological polar surface area (TPSA) is 102 Å². The van der Waals surface area contributed by atoms with Crippen molar-refractivity contribution in [1.82, 2.24) is 24.6 Å². The van der Waals surface area contributed by atoms with Crippen molar-refractivity contribution >= 4 is 22.6 Å². The quantitative estimate of drug-likeness (QED) is 0.559. The van der Waals surface area contributed by atoms with Crippen molar-refractivity contribution in [3.8, 4) is 16.9 Å². The molecule has 0 aliphatic rings. The molecule has 0 unspecified atom stereocenters. The van der Waals surface area contributed by atoms with Crippen LogP contribution in [0.1, 0.15) is 11.1 Å². The first kappa shape index (κ1) is 13.4. The molecule has 0 saturated heterocycles. The molecule has 0 amide bonds. The fourth-order valence-corrected chi connectivity index (χ4v) is 2.90. The fourth-order valence-electron chi connectivity index (χ4n) is 2.90.